The van der Waals surface area contributed by atoms with E-state index in [0.29, 0.717) is 27.8 Å². The normalized spacial score (nSPS) is 11.8. The topological polar surface area (TPSA) is 138 Å². The van der Waals surface area contributed by atoms with E-state index in [1.54, 1.807) is 25.4 Å². The molecule has 0 saturated heterocycles. The smallest absolute Gasteiger partial charge is 0.265 e. The Morgan fingerprint density at radius 1 is 1.19 bits per heavy atom. The van der Waals surface area contributed by atoms with Crippen molar-refractivity contribution in [2.45, 2.75) is 13.0 Å². The average molecular weight is 480 g/mol. The van der Waals surface area contributed by atoms with Crippen LogP contribution in [0.5, 0.6) is 0 Å². The lowest BCUT2D eigenvalue weighted by atomic mass is 9.99. The van der Waals surface area contributed by atoms with Gasteiger partial charge < -0.3 is 20.1 Å². The number of pyridine rings is 2. The molecule has 3 N–H and O–H groups in total. The highest BCUT2D eigenvalue weighted by Crippen LogP contribution is 2.31. The lowest BCUT2D eigenvalue weighted by Crippen LogP contribution is -2.26. The van der Waals surface area contributed by atoms with Gasteiger partial charge in [0.25, 0.3) is 5.56 Å². The van der Waals surface area contributed by atoms with Crippen molar-refractivity contribution >= 4 is 28.2 Å². The van der Waals surface area contributed by atoms with Crippen molar-refractivity contribution in [1.82, 2.24) is 24.3 Å². The van der Waals surface area contributed by atoms with E-state index in [9.17, 15) is 9.59 Å². The fraction of sp³-hybridized carbons (Fsp3) is 0.120. The summed E-state index contributed by atoms with van der Waals surface area (Å²) in [5.74, 6) is 0.572. The Kier molecular flexibility index (Phi) is 5.54. The minimum Gasteiger partial charge on any atom is -0.371 e. The summed E-state index contributed by atoms with van der Waals surface area (Å²) in [7, 11) is 1.66. The molecule has 4 aromatic heterocycles. The van der Waals surface area contributed by atoms with Crippen LogP contribution in [0, 0.1) is 6.57 Å². The van der Waals surface area contributed by atoms with E-state index in [4.69, 9.17) is 16.8 Å². The van der Waals surface area contributed by atoms with Gasteiger partial charge in [-0.05, 0) is 35.6 Å². The number of nitrogens with zero attached hydrogens (tertiary/aromatic N) is 6. The number of hydrogen-bond donors (Lipinski definition) is 2. The molecule has 1 atom stereocenters. The molecule has 4 heterocycles. The molecule has 0 spiro atoms. The van der Waals surface area contributed by atoms with Gasteiger partial charge in [0.05, 0.1) is 23.7 Å². The molecule has 1 aromatic carbocycles. The molecular weight excluding hydrogens is 460 g/mol. The molecule has 11 heteroatoms. The molecule has 0 aliphatic carbocycles. The number of aryl methyl sites for hydroxylation is 1. The summed E-state index contributed by atoms with van der Waals surface area (Å²) in [5, 5.41) is 8.33. The van der Waals surface area contributed by atoms with Crippen LogP contribution in [0.15, 0.2) is 75.2 Å². The molecule has 0 fully saturated rings. The van der Waals surface area contributed by atoms with Gasteiger partial charge >= 0.3 is 0 Å². The fourth-order valence-corrected chi connectivity index (χ4v) is 4.11. The Hall–Kier alpha value is -5.24. The van der Waals surface area contributed by atoms with E-state index >= 15 is 0 Å². The zero-order valence-electron chi connectivity index (χ0n) is 19.3. The summed E-state index contributed by atoms with van der Waals surface area (Å²) in [6.07, 6.45) is 4.42. The third kappa shape index (κ3) is 3.86. The lowest BCUT2D eigenvalue weighted by Gasteiger charge is -2.21. The monoisotopic (exact) mass is 480 g/mol. The van der Waals surface area contributed by atoms with E-state index in [2.05, 4.69) is 25.3 Å². The minimum atomic E-state index is -0.491. The van der Waals surface area contributed by atoms with Crippen LogP contribution in [0.1, 0.15) is 18.7 Å². The number of benzene rings is 1. The van der Waals surface area contributed by atoms with Gasteiger partial charge in [-0.15, -0.1) is 0 Å². The van der Waals surface area contributed by atoms with Crippen molar-refractivity contribution in [3.05, 3.63) is 98.9 Å². The second kappa shape index (κ2) is 8.84. The summed E-state index contributed by atoms with van der Waals surface area (Å²) in [6, 6.07) is 11.7. The summed E-state index contributed by atoms with van der Waals surface area (Å²) >= 11 is 0. The first-order chi connectivity index (χ1) is 17.4. The van der Waals surface area contributed by atoms with E-state index in [-0.39, 0.29) is 28.6 Å². The van der Waals surface area contributed by atoms with Crippen LogP contribution in [-0.2, 0) is 7.05 Å². The van der Waals surface area contributed by atoms with Gasteiger partial charge in [0.1, 0.15) is 12.1 Å². The molecular formula is C25H20N8O3. The first-order valence-electron chi connectivity index (χ1n) is 10.9. The largest absolute Gasteiger partial charge is 0.371 e. The predicted molar refractivity (Wildman–Crippen MR) is 135 cm³/mol. The Morgan fingerprint density at radius 3 is 2.75 bits per heavy atom. The van der Waals surface area contributed by atoms with Crippen molar-refractivity contribution < 1.29 is 4.52 Å². The van der Waals surface area contributed by atoms with Crippen LogP contribution < -0.4 is 22.2 Å². The molecule has 0 aliphatic rings. The molecule has 36 heavy (non-hydrogen) atoms. The van der Waals surface area contributed by atoms with E-state index < -0.39 is 6.04 Å². The second-order valence-electron chi connectivity index (χ2n) is 8.14. The Labute approximate surface area is 204 Å². The summed E-state index contributed by atoms with van der Waals surface area (Å²) in [4.78, 5) is 37.4. The summed E-state index contributed by atoms with van der Waals surface area (Å²) in [6.45, 7) is 9.23. The summed E-state index contributed by atoms with van der Waals surface area (Å²) in [5.41, 5.74) is 7.43. The Bertz CT molecular complexity index is 1760. The second-order valence-corrected chi connectivity index (χ2v) is 8.14. The van der Waals surface area contributed by atoms with Crippen molar-refractivity contribution in [2.75, 3.05) is 11.1 Å². The molecule has 178 valence electrons. The van der Waals surface area contributed by atoms with Crippen molar-refractivity contribution in [3.8, 4) is 16.9 Å². The quantitative estimate of drug-likeness (QED) is 0.365. The molecule has 5 aromatic rings. The van der Waals surface area contributed by atoms with Crippen LogP contribution in [0.2, 0.25) is 0 Å². The molecule has 0 radical (unpaired) electrons. The maximum atomic E-state index is 14.0. The number of rotatable bonds is 5. The van der Waals surface area contributed by atoms with Crippen LogP contribution in [0.25, 0.3) is 32.6 Å². The van der Waals surface area contributed by atoms with Gasteiger partial charge in [0, 0.05) is 31.6 Å². The molecule has 0 saturated carbocycles. The first kappa shape index (κ1) is 22.5. The molecule has 0 aliphatic heterocycles. The van der Waals surface area contributed by atoms with E-state index in [1.165, 1.54) is 27.7 Å². The molecule has 0 amide bonds. The zero-order chi connectivity index (χ0) is 25.4. The van der Waals surface area contributed by atoms with Crippen LogP contribution >= 0.6 is 0 Å². The molecule has 5 rings (SSSR count). The van der Waals surface area contributed by atoms with Gasteiger partial charge in [-0.3, -0.25) is 14.2 Å². The van der Waals surface area contributed by atoms with Gasteiger partial charge in [0.2, 0.25) is 17.2 Å². The maximum absolute atomic E-state index is 14.0. The maximum Gasteiger partial charge on any atom is 0.265 e. The first-order valence-corrected chi connectivity index (χ1v) is 10.9. The fourth-order valence-electron chi connectivity index (χ4n) is 4.11. The number of nitrogen functional groups attached to an aromatic ring is 1. The number of nitrogens with one attached hydrogen (secondary N) is 1. The van der Waals surface area contributed by atoms with E-state index in [1.807, 2.05) is 31.2 Å². The molecule has 0 bridgehead atoms. The highest BCUT2D eigenvalue weighted by atomic mass is 16.5. The molecule has 0 unspecified atom stereocenters. The lowest BCUT2D eigenvalue weighted by molar-refractivity contribution is 0.415. The Morgan fingerprint density at radius 2 is 2.03 bits per heavy atom. The van der Waals surface area contributed by atoms with Gasteiger partial charge in [-0.25, -0.2) is 14.8 Å². The van der Waals surface area contributed by atoms with Gasteiger partial charge in [0.15, 0.2) is 5.82 Å². The van der Waals surface area contributed by atoms with Crippen molar-refractivity contribution in [2.24, 2.45) is 7.05 Å². The third-order valence-electron chi connectivity index (χ3n) is 5.83. The van der Waals surface area contributed by atoms with Crippen LogP contribution in [0.4, 0.5) is 17.5 Å². The number of fused-ring (bicyclic) bond motifs is 1. The SMILES string of the molecule is [C-]#[N+]c1cnc(N)nc1N[C@@H](C)c1cc2cccc(-c3ccc(=O)n(C)c3)c2c(=O)n1-c1ccon1. The number of hydrogen-bond acceptors (Lipinski definition) is 8. The highest BCUT2D eigenvalue weighted by molar-refractivity contribution is 5.96. The third-order valence-corrected chi connectivity index (χ3v) is 5.83. The van der Waals surface area contributed by atoms with Gasteiger partial charge in [-0.2, -0.15) is 0 Å². The highest BCUT2D eigenvalue weighted by Gasteiger charge is 2.21. The van der Waals surface area contributed by atoms with Crippen molar-refractivity contribution in [3.63, 3.8) is 0 Å². The number of nitrogens with two attached hydrogens (primary N) is 1. The standard InChI is InChI=1S/C25H20N8O3/c1-14(29-23-18(27-2)12-28-25(26)30-23)19-11-15-5-4-6-17(16-7-8-21(34)32(3)13-16)22(15)24(35)33(19)20-9-10-36-31-20/h4-14H,1,3H3,(H3,26,28,29,30)/t14-/m0/s1. The van der Waals surface area contributed by atoms with Crippen LogP contribution in [0.3, 0.4) is 0 Å². The van der Waals surface area contributed by atoms with Crippen molar-refractivity contribution in [1.29, 1.82) is 0 Å². The number of aromatic nitrogens is 5. The van der Waals surface area contributed by atoms with E-state index in [0.717, 1.165) is 5.56 Å². The zero-order valence-corrected chi connectivity index (χ0v) is 19.3. The average Bonchev–Trinajstić information content (AvgIpc) is 3.40. The Balaban J connectivity index is 1.74. The minimum absolute atomic E-state index is 0.0198. The molecule has 11 nitrogen and oxygen atoms in total. The van der Waals surface area contributed by atoms with Crippen LogP contribution in [-0.4, -0.2) is 24.3 Å². The number of anilines is 2. The predicted octanol–water partition coefficient (Wildman–Crippen LogP) is 3.44. The van der Waals surface area contributed by atoms with Gasteiger partial charge in [-0.1, -0.05) is 23.4 Å². The summed E-state index contributed by atoms with van der Waals surface area (Å²) < 4.78 is 7.96.